The second kappa shape index (κ2) is 6.30. The van der Waals surface area contributed by atoms with E-state index in [0.717, 1.165) is 11.1 Å². The van der Waals surface area contributed by atoms with E-state index in [2.05, 4.69) is 25.7 Å². The Balaban J connectivity index is 1.65. The van der Waals surface area contributed by atoms with Gasteiger partial charge in [0.1, 0.15) is 12.0 Å². The summed E-state index contributed by atoms with van der Waals surface area (Å²) in [4.78, 5) is 17.8. The summed E-state index contributed by atoms with van der Waals surface area (Å²) in [6.45, 7) is 2.33. The summed E-state index contributed by atoms with van der Waals surface area (Å²) in [7, 11) is 1.65. The van der Waals surface area contributed by atoms with E-state index in [1.165, 1.54) is 11.2 Å². The number of aryl methyl sites for hydroxylation is 1. The molecular formula is C15H16N6O2. The van der Waals surface area contributed by atoms with Gasteiger partial charge in [-0.1, -0.05) is 28.9 Å². The Morgan fingerprint density at radius 1 is 1.39 bits per heavy atom. The first-order valence-electron chi connectivity index (χ1n) is 7.02. The van der Waals surface area contributed by atoms with E-state index in [4.69, 9.17) is 4.52 Å². The Kier molecular flexibility index (Phi) is 4.05. The number of urea groups is 1. The second-order valence-electron chi connectivity index (χ2n) is 5.15. The molecule has 3 rings (SSSR count). The van der Waals surface area contributed by atoms with Gasteiger partial charge in [-0.2, -0.15) is 4.98 Å². The van der Waals surface area contributed by atoms with E-state index in [-0.39, 0.29) is 12.0 Å². The zero-order chi connectivity index (χ0) is 16.2. The molecule has 0 aliphatic heterocycles. The number of nitrogens with one attached hydrogen (secondary N) is 2. The molecule has 1 aromatic carbocycles. The fourth-order valence-electron chi connectivity index (χ4n) is 2.06. The summed E-state index contributed by atoms with van der Waals surface area (Å²) in [6.07, 6.45) is 1.46. The molecule has 118 valence electrons. The molecule has 0 unspecified atom stereocenters. The summed E-state index contributed by atoms with van der Waals surface area (Å²) < 4.78 is 4.74. The highest BCUT2D eigenvalue weighted by molar-refractivity contribution is 5.87. The molecule has 3 aromatic rings. The van der Waals surface area contributed by atoms with Crippen molar-refractivity contribution in [3.63, 3.8) is 0 Å². The van der Waals surface area contributed by atoms with Crippen LogP contribution in [0.3, 0.4) is 0 Å². The van der Waals surface area contributed by atoms with Crippen molar-refractivity contribution in [2.45, 2.75) is 13.5 Å². The minimum absolute atomic E-state index is 0.221. The van der Waals surface area contributed by atoms with Crippen LogP contribution in [0.4, 0.5) is 10.7 Å². The number of anilines is 1. The van der Waals surface area contributed by atoms with Crippen LogP contribution in [-0.4, -0.2) is 38.3 Å². The molecule has 0 atom stereocenters. The quantitative estimate of drug-likeness (QED) is 0.770. The Morgan fingerprint density at radius 2 is 2.26 bits per heavy atom. The Bertz CT molecular complexity index is 796. The smallest absolute Gasteiger partial charge is 0.324 e. The molecular weight excluding hydrogens is 296 g/mol. The predicted molar refractivity (Wildman–Crippen MR) is 83.5 cm³/mol. The van der Waals surface area contributed by atoms with Gasteiger partial charge in [-0.25, -0.2) is 4.79 Å². The van der Waals surface area contributed by atoms with E-state index < -0.39 is 0 Å². The van der Waals surface area contributed by atoms with E-state index in [1.807, 2.05) is 31.2 Å². The van der Waals surface area contributed by atoms with Gasteiger partial charge in [-0.3, -0.25) is 10.4 Å². The highest BCUT2D eigenvalue weighted by Gasteiger charge is 2.14. The van der Waals surface area contributed by atoms with Gasteiger partial charge in [-0.15, -0.1) is 5.10 Å². The third-order valence-electron chi connectivity index (χ3n) is 3.23. The van der Waals surface area contributed by atoms with Crippen LogP contribution in [-0.2, 0) is 6.54 Å². The largest absolute Gasteiger partial charge is 0.364 e. The van der Waals surface area contributed by atoms with Crippen LogP contribution in [0.25, 0.3) is 11.4 Å². The minimum Gasteiger partial charge on any atom is -0.364 e. The number of H-pyrrole nitrogens is 1. The number of benzene rings is 1. The van der Waals surface area contributed by atoms with E-state index in [1.54, 1.807) is 13.1 Å². The monoisotopic (exact) mass is 312 g/mol. The molecule has 0 aliphatic rings. The second-order valence-corrected chi connectivity index (χ2v) is 5.15. The molecule has 0 bridgehead atoms. The van der Waals surface area contributed by atoms with Crippen molar-refractivity contribution in [3.8, 4) is 11.4 Å². The van der Waals surface area contributed by atoms with Gasteiger partial charge in [-0.05, 0) is 13.0 Å². The van der Waals surface area contributed by atoms with Gasteiger partial charge >= 0.3 is 6.03 Å². The van der Waals surface area contributed by atoms with Crippen LogP contribution >= 0.6 is 0 Å². The molecule has 0 radical (unpaired) electrons. The van der Waals surface area contributed by atoms with Gasteiger partial charge in [0.15, 0.2) is 5.82 Å². The van der Waals surface area contributed by atoms with Crippen LogP contribution in [0.5, 0.6) is 0 Å². The molecule has 0 saturated carbocycles. The number of rotatable bonds is 4. The summed E-state index contributed by atoms with van der Waals surface area (Å²) >= 11 is 0. The lowest BCUT2D eigenvalue weighted by Gasteiger charge is -2.14. The Labute approximate surface area is 132 Å². The first-order chi connectivity index (χ1) is 11.1. The van der Waals surface area contributed by atoms with Crippen LogP contribution in [0.2, 0.25) is 0 Å². The standard InChI is InChI=1S/C15H16N6O2/c1-10-4-3-5-11(8-10)13-16-14(19-18-13)17-15(22)21(2)9-12-6-7-23-20-12/h3-8H,9H2,1-2H3,(H2,16,17,18,19,22). The molecule has 23 heavy (non-hydrogen) atoms. The van der Waals surface area contributed by atoms with Gasteiger partial charge in [0.25, 0.3) is 0 Å². The molecule has 8 nitrogen and oxygen atoms in total. The average molecular weight is 312 g/mol. The summed E-state index contributed by atoms with van der Waals surface area (Å²) in [5, 5.41) is 13.2. The summed E-state index contributed by atoms with van der Waals surface area (Å²) in [5.74, 6) is 0.821. The number of carbonyl (C=O) groups is 1. The molecule has 0 spiro atoms. The fourth-order valence-corrected chi connectivity index (χ4v) is 2.06. The summed E-state index contributed by atoms with van der Waals surface area (Å²) in [5.41, 5.74) is 2.70. The third kappa shape index (κ3) is 3.54. The van der Waals surface area contributed by atoms with Crippen LogP contribution in [0.1, 0.15) is 11.3 Å². The molecule has 0 aliphatic carbocycles. The maximum atomic E-state index is 12.1. The Morgan fingerprint density at radius 3 is 3.00 bits per heavy atom. The van der Waals surface area contributed by atoms with Gasteiger partial charge in [0.05, 0.1) is 6.54 Å². The van der Waals surface area contributed by atoms with Crippen LogP contribution in [0, 0.1) is 6.92 Å². The van der Waals surface area contributed by atoms with Gasteiger partial charge in [0.2, 0.25) is 5.95 Å². The molecule has 2 aromatic heterocycles. The van der Waals surface area contributed by atoms with Crippen molar-refractivity contribution in [2.75, 3.05) is 12.4 Å². The normalized spacial score (nSPS) is 10.5. The third-order valence-corrected chi connectivity index (χ3v) is 3.23. The number of nitrogens with zero attached hydrogens (tertiary/aromatic N) is 4. The number of hydrogen-bond acceptors (Lipinski definition) is 5. The van der Waals surface area contributed by atoms with E-state index in [0.29, 0.717) is 18.1 Å². The predicted octanol–water partition coefficient (Wildman–Crippen LogP) is 2.43. The first-order valence-corrected chi connectivity index (χ1v) is 7.02. The average Bonchev–Trinajstić information content (AvgIpc) is 3.19. The molecule has 8 heteroatoms. The highest BCUT2D eigenvalue weighted by atomic mass is 16.5. The first kappa shape index (κ1) is 14.8. The molecule has 2 amide bonds. The molecule has 2 heterocycles. The highest BCUT2D eigenvalue weighted by Crippen LogP contribution is 2.17. The zero-order valence-corrected chi connectivity index (χ0v) is 12.8. The maximum Gasteiger partial charge on any atom is 0.324 e. The SMILES string of the molecule is Cc1cccc(-c2nc(NC(=O)N(C)Cc3ccon3)n[nH]2)c1. The van der Waals surface area contributed by atoms with Crippen molar-refractivity contribution < 1.29 is 9.32 Å². The molecule has 0 fully saturated rings. The number of amides is 2. The van der Waals surface area contributed by atoms with Gasteiger partial charge < -0.3 is 9.42 Å². The van der Waals surface area contributed by atoms with Crippen molar-refractivity contribution in [2.24, 2.45) is 0 Å². The van der Waals surface area contributed by atoms with Gasteiger partial charge in [0, 0.05) is 18.7 Å². The van der Waals surface area contributed by atoms with Crippen molar-refractivity contribution in [3.05, 3.63) is 47.9 Å². The van der Waals surface area contributed by atoms with Crippen LogP contribution < -0.4 is 5.32 Å². The molecule has 0 saturated heterocycles. The lowest BCUT2D eigenvalue weighted by Crippen LogP contribution is -2.31. The van der Waals surface area contributed by atoms with Crippen molar-refractivity contribution in [1.29, 1.82) is 0 Å². The van der Waals surface area contributed by atoms with Crippen LogP contribution in [0.15, 0.2) is 41.1 Å². The number of aromatic nitrogens is 4. The zero-order valence-electron chi connectivity index (χ0n) is 12.8. The van der Waals surface area contributed by atoms with E-state index in [9.17, 15) is 4.79 Å². The Hall–Kier alpha value is -3.16. The van der Waals surface area contributed by atoms with Crippen molar-refractivity contribution >= 4 is 12.0 Å². The fraction of sp³-hybridized carbons (Fsp3) is 0.200. The minimum atomic E-state index is -0.331. The summed E-state index contributed by atoms with van der Waals surface area (Å²) in [6, 6.07) is 9.23. The number of carbonyl (C=O) groups excluding carboxylic acids is 1. The lowest BCUT2D eigenvalue weighted by molar-refractivity contribution is 0.219. The number of hydrogen-bond donors (Lipinski definition) is 2. The van der Waals surface area contributed by atoms with E-state index >= 15 is 0 Å². The topological polar surface area (TPSA) is 99.9 Å². The number of aromatic amines is 1. The lowest BCUT2D eigenvalue weighted by atomic mass is 10.1. The maximum absolute atomic E-state index is 12.1. The molecule has 2 N–H and O–H groups in total. The van der Waals surface area contributed by atoms with Crippen molar-refractivity contribution in [1.82, 2.24) is 25.2 Å².